The molecule has 0 amide bonds. The van der Waals surface area contributed by atoms with Crippen molar-refractivity contribution >= 4 is 5.69 Å². The smallest absolute Gasteiger partial charge is 0.140 e. The second-order valence-corrected chi connectivity index (χ2v) is 3.95. The fourth-order valence-electron chi connectivity index (χ4n) is 1.72. The Morgan fingerprint density at radius 2 is 1.84 bits per heavy atom. The van der Waals surface area contributed by atoms with Crippen molar-refractivity contribution in [3.8, 4) is 12.1 Å². The molecule has 1 unspecified atom stereocenters. The molecule has 0 bridgehead atoms. The lowest BCUT2D eigenvalue weighted by Gasteiger charge is -2.13. The Balaban J connectivity index is 2.26. The number of nitriles is 2. The van der Waals surface area contributed by atoms with Gasteiger partial charge in [0.15, 0.2) is 0 Å². The molecule has 0 saturated carbocycles. The van der Waals surface area contributed by atoms with Crippen LogP contribution < -0.4 is 5.32 Å². The molecule has 0 saturated heterocycles. The minimum absolute atomic E-state index is 0.368. The Morgan fingerprint density at radius 1 is 1.05 bits per heavy atom. The zero-order valence-electron chi connectivity index (χ0n) is 9.97. The monoisotopic (exact) mass is 251 g/mol. The van der Waals surface area contributed by atoms with Crippen LogP contribution in [0.4, 0.5) is 10.1 Å². The highest BCUT2D eigenvalue weighted by Crippen LogP contribution is 2.20. The van der Waals surface area contributed by atoms with Gasteiger partial charge < -0.3 is 5.32 Å². The van der Waals surface area contributed by atoms with Crippen LogP contribution >= 0.6 is 0 Å². The second kappa shape index (κ2) is 5.66. The molecule has 1 N–H and O–H groups in total. The summed E-state index contributed by atoms with van der Waals surface area (Å²) in [6, 6.07) is 16.2. The number of rotatable bonds is 3. The van der Waals surface area contributed by atoms with Gasteiger partial charge in [-0.25, -0.2) is 4.39 Å². The van der Waals surface area contributed by atoms with Crippen molar-refractivity contribution in [1.82, 2.24) is 0 Å². The average molecular weight is 251 g/mol. The third-order valence-electron chi connectivity index (χ3n) is 2.61. The highest BCUT2D eigenvalue weighted by Gasteiger charge is 2.11. The Kier molecular flexibility index (Phi) is 3.75. The van der Waals surface area contributed by atoms with Crippen LogP contribution in [-0.2, 0) is 0 Å². The molecule has 2 aromatic rings. The van der Waals surface area contributed by atoms with Crippen LogP contribution in [0.5, 0.6) is 0 Å². The van der Waals surface area contributed by atoms with E-state index in [2.05, 4.69) is 11.4 Å². The van der Waals surface area contributed by atoms with Gasteiger partial charge in [-0.3, -0.25) is 0 Å². The van der Waals surface area contributed by atoms with Gasteiger partial charge in [0.25, 0.3) is 0 Å². The van der Waals surface area contributed by atoms with Crippen LogP contribution in [0, 0.1) is 28.5 Å². The maximum absolute atomic E-state index is 13.1. The van der Waals surface area contributed by atoms with Crippen molar-refractivity contribution in [3.63, 3.8) is 0 Å². The summed E-state index contributed by atoms with van der Waals surface area (Å²) >= 11 is 0. The van der Waals surface area contributed by atoms with Gasteiger partial charge in [-0.2, -0.15) is 10.5 Å². The zero-order valence-corrected chi connectivity index (χ0v) is 9.97. The summed E-state index contributed by atoms with van der Waals surface area (Å²) in [6.45, 7) is 0. The van der Waals surface area contributed by atoms with E-state index in [0.717, 1.165) is 0 Å². The van der Waals surface area contributed by atoms with Gasteiger partial charge in [0.2, 0.25) is 0 Å². The lowest BCUT2D eigenvalue weighted by atomic mass is 10.0. The zero-order chi connectivity index (χ0) is 13.7. The molecule has 0 radical (unpaired) electrons. The summed E-state index contributed by atoms with van der Waals surface area (Å²) in [5, 5.41) is 21.0. The first-order valence-electron chi connectivity index (χ1n) is 5.64. The Bertz CT molecular complexity index is 668. The molecule has 0 heterocycles. The van der Waals surface area contributed by atoms with Gasteiger partial charge in [0.05, 0.1) is 17.7 Å². The van der Waals surface area contributed by atoms with E-state index >= 15 is 0 Å². The normalized spacial score (nSPS) is 11.1. The number of hydrogen-bond donors (Lipinski definition) is 1. The highest BCUT2D eigenvalue weighted by molar-refractivity contribution is 5.48. The highest BCUT2D eigenvalue weighted by atomic mass is 19.1. The van der Waals surface area contributed by atoms with Crippen molar-refractivity contribution in [2.24, 2.45) is 0 Å². The Labute approximate surface area is 110 Å². The molecule has 4 heteroatoms. The van der Waals surface area contributed by atoms with Gasteiger partial charge in [0, 0.05) is 5.69 Å². The summed E-state index contributed by atoms with van der Waals surface area (Å²) in [5.74, 6) is -0.368. The first-order chi connectivity index (χ1) is 9.22. The quantitative estimate of drug-likeness (QED) is 0.909. The van der Waals surface area contributed by atoms with E-state index in [1.165, 1.54) is 12.1 Å². The molecule has 0 aliphatic heterocycles. The van der Waals surface area contributed by atoms with E-state index in [1.807, 2.05) is 6.07 Å². The van der Waals surface area contributed by atoms with E-state index < -0.39 is 6.04 Å². The third kappa shape index (κ3) is 3.08. The van der Waals surface area contributed by atoms with E-state index in [1.54, 1.807) is 36.4 Å². The number of anilines is 1. The van der Waals surface area contributed by atoms with Crippen LogP contribution in [0.3, 0.4) is 0 Å². The molecule has 2 rings (SSSR count). The average Bonchev–Trinajstić information content (AvgIpc) is 2.45. The summed E-state index contributed by atoms with van der Waals surface area (Å²) < 4.78 is 13.1. The molecule has 92 valence electrons. The second-order valence-electron chi connectivity index (χ2n) is 3.95. The molecular formula is C15H10FN3. The summed E-state index contributed by atoms with van der Waals surface area (Å²) in [6.07, 6.45) is 0. The molecule has 0 spiro atoms. The minimum atomic E-state index is -0.630. The van der Waals surface area contributed by atoms with Crippen LogP contribution in [-0.4, -0.2) is 0 Å². The van der Waals surface area contributed by atoms with E-state index in [-0.39, 0.29) is 5.82 Å². The predicted octanol–water partition coefficient (Wildman–Crippen LogP) is 3.37. The minimum Gasteiger partial charge on any atom is -0.366 e. The van der Waals surface area contributed by atoms with Crippen LogP contribution in [0.15, 0.2) is 48.5 Å². The van der Waals surface area contributed by atoms with E-state index in [4.69, 9.17) is 5.26 Å². The predicted molar refractivity (Wildman–Crippen MR) is 69.5 cm³/mol. The summed E-state index contributed by atoms with van der Waals surface area (Å²) in [5.41, 5.74) is 1.68. The molecular weight excluding hydrogens is 241 g/mol. The lowest BCUT2D eigenvalue weighted by molar-refractivity contribution is 0.628. The van der Waals surface area contributed by atoms with Crippen LogP contribution in [0.2, 0.25) is 0 Å². The van der Waals surface area contributed by atoms with Crippen LogP contribution in [0.1, 0.15) is 17.2 Å². The summed E-state index contributed by atoms with van der Waals surface area (Å²) in [4.78, 5) is 0. The number of halogens is 1. The Hall–Kier alpha value is -2.85. The van der Waals surface area contributed by atoms with Crippen LogP contribution in [0.25, 0.3) is 0 Å². The summed E-state index contributed by atoms with van der Waals surface area (Å²) in [7, 11) is 0. The number of nitrogens with one attached hydrogen (secondary N) is 1. The van der Waals surface area contributed by atoms with Crippen molar-refractivity contribution in [1.29, 1.82) is 10.5 Å². The molecule has 0 aromatic heterocycles. The maximum atomic E-state index is 13.1. The molecule has 3 nitrogen and oxygen atoms in total. The van der Waals surface area contributed by atoms with Gasteiger partial charge in [-0.05, 0) is 35.9 Å². The topological polar surface area (TPSA) is 59.6 Å². The fraction of sp³-hybridized carbons (Fsp3) is 0.0667. The first-order valence-corrected chi connectivity index (χ1v) is 5.64. The molecule has 0 aliphatic rings. The van der Waals surface area contributed by atoms with Crippen molar-refractivity contribution < 1.29 is 4.39 Å². The van der Waals surface area contributed by atoms with Crippen molar-refractivity contribution in [3.05, 3.63) is 65.5 Å². The van der Waals surface area contributed by atoms with Crippen molar-refractivity contribution in [2.45, 2.75) is 6.04 Å². The largest absolute Gasteiger partial charge is 0.366 e. The molecule has 2 aromatic carbocycles. The third-order valence-corrected chi connectivity index (χ3v) is 2.61. The standard InChI is InChI=1S/C15H10FN3/c16-13-5-2-6-14(8-13)19-15(10-18)12-4-1-3-11(7-12)9-17/h1-8,15,19H. The van der Waals surface area contributed by atoms with Gasteiger partial charge in [-0.15, -0.1) is 0 Å². The maximum Gasteiger partial charge on any atom is 0.140 e. The Morgan fingerprint density at radius 3 is 2.53 bits per heavy atom. The molecule has 19 heavy (non-hydrogen) atoms. The lowest BCUT2D eigenvalue weighted by Crippen LogP contribution is -2.08. The number of benzene rings is 2. The van der Waals surface area contributed by atoms with Gasteiger partial charge in [-0.1, -0.05) is 18.2 Å². The van der Waals surface area contributed by atoms with Gasteiger partial charge >= 0.3 is 0 Å². The van der Waals surface area contributed by atoms with E-state index in [9.17, 15) is 9.65 Å². The van der Waals surface area contributed by atoms with Crippen molar-refractivity contribution in [2.75, 3.05) is 5.32 Å². The number of nitrogens with zero attached hydrogens (tertiary/aromatic N) is 2. The fourth-order valence-corrected chi connectivity index (χ4v) is 1.72. The number of hydrogen-bond acceptors (Lipinski definition) is 3. The van der Waals surface area contributed by atoms with Gasteiger partial charge in [0.1, 0.15) is 11.9 Å². The molecule has 0 fully saturated rings. The van der Waals surface area contributed by atoms with E-state index in [0.29, 0.717) is 16.8 Å². The SMILES string of the molecule is N#Cc1cccc(C(C#N)Nc2cccc(F)c2)c1. The molecule has 0 aliphatic carbocycles. The molecule has 1 atom stereocenters. The first kappa shape index (κ1) is 12.6.